The Morgan fingerprint density at radius 1 is 0.914 bits per heavy atom. The minimum Gasteiger partial charge on any atom is -0.458 e. The van der Waals surface area contributed by atoms with Crippen LogP contribution in [0, 0.1) is 5.92 Å². The number of hydrogen-bond acceptors (Lipinski definition) is 19. The second kappa shape index (κ2) is 26.3. The van der Waals surface area contributed by atoms with Gasteiger partial charge in [0.25, 0.3) is 5.56 Å². The Kier molecular flexibility index (Phi) is 19.3. The van der Waals surface area contributed by atoms with E-state index in [0.29, 0.717) is 89.3 Å². The molecule has 3 atom stereocenters. The summed E-state index contributed by atoms with van der Waals surface area (Å²) in [6.45, 7) is 11.9. The molecule has 0 fully saturated rings. The predicted octanol–water partition coefficient (Wildman–Crippen LogP) is 2.88. The van der Waals surface area contributed by atoms with E-state index >= 15 is 0 Å². The lowest BCUT2D eigenvalue weighted by Crippen LogP contribution is -2.56. The zero-order valence-electron chi connectivity index (χ0n) is 46.4. The van der Waals surface area contributed by atoms with Crippen molar-refractivity contribution in [1.29, 1.82) is 0 Å². The van der Waals surface area contributed by atoms with Crippen molar-refractivity contribution in [3.8, 4) is 34.1 Å². The number of benzene rings is 1. The number of amides is 4. The zero-order valence-corrected chi connectivity index (χ0v) is 47.2. The number of aryl methyl sites for hydroxylation is 1. The number of carbonyl (C=O) groups is 5. The van der Waals surface area contributed by atoms with Crippen molar-refractivity contribution in [3.05, 3.63) is 75.5 Å². The normalized spacial score (nSPS) is 16.0. The summed E-state index contributed by atoms with van der Waals surface area (Å²) in [7, 11) is -3.54. The first-order valence-corrected chi connectivity index (χ1v) is 29.2. The van der Waals surface area contributed by atoms with Gasteiger partial charge in [0.05, 0.1) is 48.4 Å². The molecule has 26 heteroatoms. The second-order valence-corrected chi connectivity index (χ2v) is 22.4. The number of aliphatic hydroxyl groups is 1. The Bertz CT molecular complexity index is 3360. The number of cyclic esters (lactones) is 1. The van der Waals surface area contributed by atoms with Crippen LogP contribution < -0.4 is 36.3 Å². The van der Waals surface area contributed by atoms with Gasteiger partial charge in [0.1, 0.15) is 31.1 Å². The minimum atomic E-state index is -3.54. The van der Waals surface area contributed by atoms with Gasteiger partial charge in [-0.15, -0.1) is 5.10 Å². The Morgan fingerprint density at radius 3 is 2.38 bits per heavy atom. The lowest BCUT2D eigenvalue weighted by molar-refractivity contribution is -0.172. The van der Waals surface area contributed by atoms with E-state index in [1.54, 1.807) is 54.4 Å². The van der Waals surface area contributed by atoms with Crippen molar-refractivity contribution < 1.29 is 56.4 Å². The lowest BCUT2D eigenvalue weighted by Gasteiger charge is -2.31. The average Bonchev–Trinajstić information content (AvgIpc) is 4.25. The summed E-state index contributed by atoms with van der Waals surface area (Å²) in [5.41, 5.74) is 1.96. The number of pyridine rings is 2. The first-order valence-electron chi connectivity index (χ1n) is 27.3. The number of nitrogens with one attached hydrogen (secondary N) is 4. The van der Waals surface area contributed by atoms with Crippen LogP contribution in [0.4, 0.5) is 0 Å². The van der Waals surface area contributed by atoms with Crippen molar-refractivity contribution in [2.24, 2.45) is 5.92 Å². The van der Waals surface area contributed by atoms with E-state index < -0.39 is 63.3 Å². The maximum absolute atomic E-state index is 13.9. The van der Waals surface area contributed by atoms with Crippen molar-refractivity contribution in [2.45, 2.75) is 129 Å². The molecule has 4 amide bonds. The van der Waals surface area contributed by atoms with Crippen LogP contribution in [0.1, 0.15) is 108 Å². The lowest BCUT2D eigenvalue weighted by atomic mass is 9.86. The van der Waals surface area contributed by atoms with Gasteiger partial charge in [0.15, 0.2) is 17.1 Å². The van der Waals surface area contributed by atoms with Crippen LogP contribution in [0.5, 0.6) is 11.5 Å². The van der Waals surface area contributed by atoms with Crippen molar-refractivity contribution in [3.63, 3.8) is 0 Å². The molecule has 0 aliphatic carbocycles. The molecule has 0 bridgehead atoms. The number of esters is 1. The van der Waals surface area contributed by atoms with Gasteiger partial charge in [-0.25, -0.2) is 28.2 Å². The number of fused-ring (bicyclic) bond motifs is 6. The zero-order chi connectivity index (χ0) is 58.0. The Morgan fingerprint density at radius 2 is 1.67 bits per heavy atom. The third kappa shape index (κ3) is 13.9. The van der Waals surface area contributed by atoms with E-state index in [4.69, 9.17) is 23.9 Å². The summed E-state index contributed by atoms with van der Waals surface area (Å²) in [4.78, 5) is 95.5. The van der Waals surface area contributed by atoms with E-state index in [-0.39, 0.29) is 74.2 Å². The number of sulfone groups is 1. The molecule has 0 unspecified atom stereocenters. The van der Waals surface area contributed by atoms with Crippen LogP contribution in [-0.4, -0.2) is 147 Å². The van der Waals surface area contributed by atoms with Gasteiger partial charge in [0.2, 0.25) is 45.4 Å². The largest absolute Gasteiger partial charge is 0.458 e. The van der Waals surface area contributed by atoms with E-state index in [1.807, 2.05) is 12.1 Å². The number of nitrogens with zero attached hydrogens (tertiary/aromatic N) is 8. The molecule has 81 heavy (non-hydrogen) atoms. The topological polar surface area (TPSA) is 319 Å². The van der Waals surface area contributed by atoms with Crippen molar-refractivity contribution in [1.82, 2.24) is 60.7 Å². The van der Waals surface area contributed by atoms with Gasteiger partial charge in [-0.05, 0) is 81.8 Å². The molecule has 3 aliphatic rings. The quantitative estimate of drug-likeness (QED) is 0.0204. The fraction of sp³-hybridized carbons (Fsp3) is 0.509. The number of carbonyl (C=O) groups excluding carboxylic acids is 5. The molecule has 0 saturated carbocycles. The fourth-order valence-corrected chi connectivity index (χ4v) is 10.4. The molecule has 5 aromatic rings. The maximum Gasteiger partial charge on any atom is 0.343 e. The average molecular weight is 1140 g/mol. The molecule has 3 aliphatic heterocycles. The second-order valence-electron chi connectivity index (χ2n) is 20.5. The summed E-state index contributed by atoms with van der Waals surface area (Å²) in [5.74, 6) is -2.01. The number of unbranched alkanes of at least 4 members (excludes halogenated alkanes) is 3. The van der Waals surface area contributed by atoms with Crippen LogP contribution in [0.2, 0.25) is 0 Å². The number of ether oxygens (including phenoxy) is 4. The van der Waals surface area contributed by atoms with E-state index in [1.165, 1.54) is 12.4 Å². The highest BCUT2D eigenvalue weighted by atomic mass is 32.2. The third-order valence-electron chi connectivity index (χ3n) is 14.6. The Balaban J connectivity index is 0.826. The van der Waals surface area contributed by atoms with Crippen LogP contribution in [-0.2, 0) is 68.6 Å². The van der Waals surface area contributed by atoms with E-state index in [2.05, 4.69) is 60.3 Å². The van der Waals surface area contributed by atoms with Gasteiger partial charge in [-0.2, -0.15) is 0 Å². The number of rotatable bonds is 28. The molecule has 8 rings (SSSR count). The summed E-state index contributed by atoms with van der Waals surface area (Å²) >= 11 is 0. The van der Waals surface area contributed by atoms with Crippen LogP contribution in [0.15, 0.2) is 52.8 Å². The van der Waals surface area contributed by atoms with Gasteiger partial charge in [-0.3, -0.25) is 28.7 Å². The molecule has 7 heterocycles. The summed E-state index contributed by atoms with van der Waals surface area (Å²) in [5, 5.41) is 31.1. The number of aromatic nitrogens is 7. The molecular formula is C55H70N12O13S. The van der Waals surface area contributed by atoms with Crippen LogP contribution in [0.3, 0.4) is 0 Å². The molecule has 0 saturated heterocycles. The molecular weight excluding hydrogens is 1070 g/mol. The molecule has 1 aromatic carbocycles. The summed E-state index contributed by atoms with van der Waals surface area (Å²) < 4.78 is 48.9. The van der Waals surface area contributed by atoms with E-state index in [9.17, 15) is 42.3 Å². The first kappa shape index (κ1) is 59.4. The fourth-order valence-electron chi connectivity index (χ4n) is 9.92. The molecule has 4 aromatic heterocycles. The van der Waals surface area contributed by atoms with Crippen LogP contribution in [0.25, 0.3) is 39.6 Å². The first-order chi connectivity index (χ1) is 38.8. The monoisotopic (exact) mass is 1140 g/mol. The van der Waals surface area contributed by atoms with Gasteiger partial charge >= 0.3 is 5.97 Å². The van der Waals surface area contributed by atoms with Gasteiger partial charge in [-0.1, -0.05) is 58.4 Å². The molecule has 25 nitrogen and oxygen atoms in total. The Hall–Kier alpha value is -7.68. The van der Waals surface area contributed by atoms with E-state index in [0.717, 1.165) is 37.9 Å². The summed E-state index contributed by atoms with van der Waals surface area (Å²) in [6, 6.07) is 3.31. The van der Waals surface area contributed by atoms with Gasteiger partial charge in [0, 0.05) is 59.8 Å². The SMILES string of the molecule is CCN(CC)CCCC[C@H](NC(=O)[C@@H](NC(=O)CCCCCn1cc(-c2cnc(S(C)(=O)=O)nc2)nn1)C(C)C)C(=O)NCC(=O)NCOC/C=C/c1c2c(nc3cc4c(cc13)OCO4)-c1cc3c(c(=O)n1C2)COC(=O)[C@]3(O)CC. The van der Waals surface area contributed by atoms with Crippen molar-refractivity contribution in [2.75, 3.05) is 52.6 Å². The predicted molar refractivity (Wildman–Crippen MR) is 295 cm³/mol. The smallest absolute Gasteiger partial charge is 0.343 e. The highest BCUT2D eigenvalue weighted by Gasteiger charge is 2.45. The standard InChI is InChI=1S/C55H70N12O13S/c1-7-55(74)39-23-43-49-37(28-67(43)52(72)38(39)30-78-53(55)73)35(36-22-44-45(80-32-79-44)24-41(36)60-49)16-15-21-77-31-59-47(69)27-56-50(70)40(17-12-14-19-65(8-2)9-3)61-51(71)48(33(4)5)62-46(68)18-11-10-13-20-66-29-42(63-64-66)34-25-57-54(58-26-34)81(6,75)76/h15-16,22-26,29,33,40,48,74H,7-14,17-21,27-28,30-32H2,1-6H3,(H,56,70)(H,59,69)(H,61,71)(H,62,68)/b16-15+/t40-,48-,55-/m0/s1. The maximum atomic E-state index is 13.9. The minimum absolute atomic E-state index is 0.00432. The molecule has 0 radical (unpaired) electrons. The highest BCUT2D eigenvalue weighted by molar-refractivity contribution is 7.90. The molecule has 0 spiro atoms. The van der Waals surface area contributed by atoms with Crippen LogP contribution >= 0.6 is 0 Å². The van der Waals surface area contributed by atoms with Crippen molar-refractivity contribution >= 4 is 56.4 Å². The number of hydrogen-bond donors (Lipinski definition) is 5. The summed E-state index contributed by atoms with van der Waals surface area (Å²) in [6.07, 6.45) is 12.8. The van der Waals surface area contributed by atoms with Gasteiger partial charge < -0.3 is 54.8 Å². The third-order valence-corrected chi connectivity index (χ3v) is 15.5. The molecule has 434 valence electrons. The highest BCUT2D eigenvalue weighted by Crippen LogP contribution is 2.43. The molecule has 5 N–H and O–H groups in total. The Labute approximate surface area is 468 Å².